The molecule has 6 nitrogen and oxygen atoms in total. The van der Waals surface area contributed by atoms with Crippen molar-refractivity contribution < 1.29 is 4.79 Å². The molecule has 0 bridgehead atoms. The highest BCUT2D eigenvalue weighted by molar-refractivity contribution is 5.75. The first-order valence-corrected chi connectivity index (χ1v) is 6.96. The lowest BCUT2D eigenvalue weighted by atomic mass is 10.3. The van der Waals surface area contributed by atoms with Crippen LogP contribution in [-0.2, 0) is 6.54 Å². The topological polar surface area (TPSA) is 78.9 Å². The van der Waals surface area contributed by atoms with Crippen molar-refractivity contribution in [3.8, 4) is 0 Å². The van der Waals surface area contributed by atoms with E-state index < -0.39 is 0 Å². The number of amides is 2. The number of H-pyrrole nitrogens is 1. The van der Waals surface area contributed by atoms with Crippen molar-refractivity contribution in [2.45, 2.75) is 31.8 Å². The molecule has 1 aliphatic rings. The van der Waals surface area contributed by atoms with Crippen LogP contribution in [0.15, 0.2) is 29.1 Å². The number of para-hydroxylation sites is 2. The fourth-order valence-corrected chi connectivity index (χ4v) is 2.23. The smallest absolute Gasteiger partial charge is 0.326 e. The number of nitrogens with one attached hydrogen (secondary N) is 3. The Morgan fingerprint density at radius 1 is 1.35 bits per heavy atom. The molecule has 0 saturated heterocycles. The van der Waals surface area contributed by atoms with Gasteiger partial charge in [0.1, 0.15) is 0 Å². The minimum atomic E-state index is -0.112. The molecular weight excluding hydrogens is 256 g/mol. The zero-order valence-electron chi connectivity index (χ0n) is 11.2. The number of carbonyl (C=O) groups excluding carboxylic acids is 1. The van der Waals surface area contributed by atoms with Gasteiger partial charge in [0.25, 0.3) is 0 Å². The van der Waals surface area contributed by atoms with Gasteiger partial charge in [0.2, 0.25) is 0 Å². The van der Waals surface area contributed by atoms with Gasteiger partial charge in [0.15, 0.2) is 0 Å². The van der Waals surface area contributed by atoms with Gasteiger partial charge in [-0.2, -0.15) is 0 Å². The second kappa shape index (κ2) is 5.40. The Morgan fingerprint density at radius 3 is 2.95 bits per heavy atom. The number of rotatable bonds is 5. The molecule has 0 atom stereocenters. The molecule has 0 unspecified atom stereocenters. The van der Waals surface area contributed by atoms with Crippen molar-refractivity contribution >= 4 is 17.1 Å². The molecule has 1 aliphatic carbocycles. The van der Waals surface area contributed by atoms with Gasteiger partial charge < -0.3 is 15.6 Å². The van der Waals surface area contributed by atoms with E-state index in [0.29, 0.717) is 19.1 Å². The van der Waals surface area contributed by atoms with Crippen molar-refractivity contribution in [3.63, 3.8) is 0 Å². The number of aromatic nitrogens is 2. The maximum atomic E-state index is 11.8. The Hall–Kier alpha value is -2.24. The molecule has 0 radical (unpaired) electrons. The van der Waals surface area contributed by atoms with E-state index in [0.717, 1.165) is 30.3 Å². The van der Waals surface area contributed by atoms with Crippen LogP contribution in [0.3, 0.4) is 0 Å². The Morgan fingerprint density at radius 2 is 2.15 bits per heavy atom. The number of hydrogen-bond acceptors (Lipinski definition) is 2. The summed E-state index contributed by atoms with van der Waals surface area (Å²) in [7, 11) is 0. The molecule has 3 rings (SSSR count). The Balaban J connectivity index is 1.53. The van der Waals surface area contributed by atoms with Gasteiger partial charge in [-0.15, -0.1) is 0 Å². The van der Waals surface area contributed by atoms with Gasteiger partial charge in [0, 0.05) is 19.1 Å². The standard InChI is InChI=1S/C14H18N4O2/c19-13(16-10-6-7-10)15-8-3-9-18-12-5-2-1-4-11(12)17-14(18)20/h1-2,4-5,10H,3,6-9H2,(H,17,20)(H2,15,16,19). The summed E-state index contributed by atoms with van der Waals surface area (Å²) < 4.78 is 1.70. The third kappa shape index (κ3) is 2.84. The second-order valence-corrected chi connectivity index (χ2v) is 5.13. The number of aryl methyl sites for hydroxylation is 1. The fourth-order valence-electron chi connectivity index (χ4n) is 2.23. The minimum absolute atomic E-state index is 0.103. The highest BCUT2D eigenvalue weighted by Gasteiger charge is 2.22. The van der Waals surface area contributed by atoms with Crippen LogP contribution in [-0.4, -0.2) is 28.2 Å². The number of imidazole rings is 1. The largest absolute Gasteiger partial charge is 0.338 e. The molecular formula is C14H18N4O2. The number of nitrogens with zero attached hydrogens (tertiary/aromatic N) is 1. The first kappa shape index (κ1) is 12.8. The lowest BCUT2D eigenvalue weighted by Crippen LogP contribution is -2.37. The van der Waals surface area contributed by atoms with E-state index in [1.165, 1.54) is 0 Å². The van der Waals surface area contributed by atoms with Crippen LogP contribution < -0.4 is 16.3 Å². The van der Waals surface area contributed by atoms with Gasteiger partial charge in [-0.3, -0.25) is 4.57 Å². The molecule has 6 heteroatoms. The summed E-state index contributed by atoms with van der Waals surface area (Å²) in [5, 5.41) is 5.67. The monoisotopic (exact) mass is 274 g/mol. The SMILES string of the molecule is O=C(NCCCn1c(=O)[nH]c2ccccc21)NC1CC1. The minimum Gasteiger partial charge on any atom is -0.338 e. The molecule has 1 aromatic heterocycles. The van der Waals surface area contributed by atoms with Crippen LogP contribution >= 0.6 is 0 Å². The van der Waals surface area contributed by atoms with Crippen LogP contribution in [0.4, 0.5) is 4.79 Å². The van der Waals surface area contributed by atoms with Crippen LogP contribution in [0.25, 0.3) is 11.0 Å². The van der Waals surface area contributed by atoms with E-state index in [-0.39, 0.29) is 11.7 Å². The highest BCUT2D eigenvalue weighted by Crippen LogP contribution is 2.18. The van der Waals surface area contributed by atoms with Gasteiger partial charge >= 0.3 is 11.7 Å². The normalized spacial score (nSPS) is 14.4. The Bertz CT molecular complexity index is 669. The Labute approximate surface area is 116 Å². The first-order valence-electron chi connectivity index (χ1n) is 6.96. The first-order chi connectivity index (χ1) is 9.74. The van der Waals surface area contributed by atoms with Gasteiger partial charge in [-0.05, 0) is 31.4 Å². The van der Waals surface area contributed by atoms with E-state index in [1.54, 1.807) is 4.57 Å². The molecule has 2 aromatic rings. The van der Waals surface area contributed by atoms with Crippen molar-refractivity contribution in [1.29, 1.82) is 0 Å². The van der Waals surface area contributed by atoms with Gasteiger partial charge in [0.05, 0.1) is 11.0 Å². The average molecular weight is 274 g/mol. The maximum Gasteiger partial charge on any atom is 0.326 e. The number of fused-ring (bicyclic) bond motifs is 1. The summed E-state index contributed by atoms with van der Waals surface area (Å²) in [4.78, 5) is 26.1. The third-order valence-electron chi connectivity index (χ3n) is 3.44. The molecule has 20 heavy (non-hydrogen) atoms. The summed E-state index contributed by atoms with van der Waals surface area (Å²) in [6, 6.07) is 7.86. The van der Waals surface area contributed by atoms with Crippen LogP contribution in [0.5, 0.6) is 0 Å². The Kier molecular flexibility index (Phi) is 3.45. The fraction of sp³-hybridized carbons (Fsp3) is 0.429. The highest BCUT2D eigenvalue weighted by atomic mass is 16.2. The van der Waals surface area contributed by atoms with E-state index in [2.05, 4.69) is 15.6 Å². The summed E-state index contributed by atoms with van der Waals surface area (Å²) in [5.41, 5.74) is 1.64. The van der Waals surface area contributed by atoms with Crippen LogP contribution in [0.1, 0.15) is 19.3 Å². The van der Waals surface area contributed by atoms with Crippen LogP contribution in [0, 0.1) is 0 Å². The average Bonchev–Trinajstić information content (AvgIpc) is 3.18. The number of hydrogen-bond donors (Lipinski definition) is 3. The molecule has 1 saturated carbocycles. The molecule has 2 amide bonds. The summed E-state index contributed by atoms with van der Waals surface area (Å²) in [5.74, 6) is 0. The predicted octanol–water partition coefficient (Wildman–Crippen LogP) is 1.18. The van der Waals surface area contributed by atoms with Gasteiger partial charge in [-0.1, -0.05) is 12.1 Å². The zero-order chi connectivity index (χ0) is 13.9. The lowest BCUT2D eigenvalue weighted by Gasteiger charge is -2.07. The van der Waals surface area contributed by atoms with Crippen molar-refractivity contribution in [1.82, 2.24) is 20.2 Å². The summed E-state index contributed by atoms with van der Waals surface area (Å²) in [6.07, 6.45) is 2.89. The van der Waals surface area contributed by atoms with E-state index in [4.69, 9.17) is 0 Å². The zero-order valence-corrected chi connectivity index (χ0v) is 11.2. The quantitative estimate of drug-likeness (QED) is 0.716. The van der Waals surface area contributed by atoms with E-state index in [9.17, 15) is 9.59 Å². The van der Waals surface area contributed by atoms with Gasteiger partial charge in [-0.25, -0.2) is 9.59 Å². The molecule has 1 aromatic carbocycles. The van der Waals surface area contributed by atoms with E-state index in [1.807, 2.05) is 24.3 Å². The number of carbonyl (C=O) groups is 1. The van der Waals surface area contributed by atoms with Crippen molar-refractivity contribution in [3.05, 3.63) is 34.7 Å². The summed E-state index contributed by atoms with van der Waals surface area (Å²) in [6.45, 7) is 1.15. The third-order valence-corrected chi connectivity index (χ3v) is 3.44. The second-order valence-electron chi connectivity index (χ2n) is 5.13. The molecule has 0 spiro atoms. The summed E-state index contributed by atoms with van der Waals surface area (Å²) >= 11 is 0. The van der Waals surface area contributed by atoms with Crippen LogP contribution in [0.2, 0.25) is 0 Å². The number of urea groups is 1. The number of aromatic amines is 1. The molecule has 106 valence electrons. The molecule has 1 heterocycles. The lowest BCUT2D eigenvalue weighted by molar-refractivity contribution is 0.240. The predicted molar refractivity (Wildman–Crippen MR) is 76.7 cm³/mol. The molecule has 3 N–H and O–H groups in total. The maximum absolute atomic E-state index is 11.8. The molecule has 0 aliphatic heterocycles. The molecule has 1 fully saturated rings. The van der Waals surface area contributed by atoms with E-state index >= 15 is 0 Å². The number of benzene rings is 1. The van der Waals surface area contributed by atoms with Crippen molar-refractivity contribution in [2.75, 3.05) is 6.54 Å². The van der Waals surface area contributed by atoms with Crippen molar-refractivity contribution in [2.24, 2.45) is 0 Å².